The van der Waals surface area contributed by atoms with Crippen LogP contribution in [0.15, 0.2) is 18.2 Å². The van der Waals surface area contributed by atoms with E-state index in [1.165, 1.54) is 17.7 Å². The molecule has 2 aliphatic heterocycles. The van der Waals surface area contributed by atoms with Gasteiger partial charge < -0.3 is 5.32 Å². The van der Waals surface area contributed by atoms with Gasteiger partial charge in [0.15, 0.2) is 0 Å². The van der Waals surface area contributed by atoms with Gasteiger partial charge in [0.05, 0.1) is 11.1 Å². The number of benzene rings is 1. The van der Waals surface area contributed by atoms with E-state index in [-0.39, 0.29) is 11.8 Å². The van der Waals surface area contributed by atoms with Crippen molar-refractivity contribution in [3.63, 3.8) is 0 Å². The van der Waals surface area contributed by atoms with E-state index in [1.807, 2.05) is 19.1 Å². The first-order chi connectivity index (χ1) is 9.66. The largest absolute Gasteiger partial charge is 0.314 e. The third-order valence-corrected chi connectivity index (χ3v) is 4.24. The van der Waals surface area contributed by atoms with Crippen LogP contribution < -0.4 is 5.32 Å². The van der Waals surface area contributed by atoms with Crippen molar-refractivity contribution in [2.24, 2.45) is 0 Å². The highest BCUT2D eigenvalue weighted by Crippen LogP contribution is 2.24. The van der Waals surface area contributed by atoms with E-state index in [2.05, 4.69) is 5.32 Å². The Hall–Kier alpha value is -1.68. The number of aryl methyl sites for hydroxylation is 1. The van der Waals surface area contributed by atoms with Crippen LogP contribution in [0.3, 0.4) is 0 Å². The van der Waals surface area contributed by atoms with Gasteiger partial charge in [0.1, 0.15) is 0 Å². The van der Waals surface area contributed by atoms with Gasteiger partial charge in [-0.1, -0.05) is 18.1 Å². The molecule has 1 aromatic carbocycles. The number of rotatable bonds is 3. The molecule has 3 rings (SSSR count). The van der Waals surface area contributed by atoms with E-state index >= 15 is 0 Å². The van der Waals surface area contributed by atoms with Crippen LogP contribution in [0.5, 0.6) is 0 Å². The lowest BCUT2D eigenvalue weighted by Crippen LogP contribution is -2.39. The van der Waals surface area contributed by atoms with Gasteiger partial charge in [-0.15, -0.1) is 0 Å². The zero-order valence-corrected chi connectivity index (χ0v) is 11.8. The number of fused-ring (bicyclic) bond motifs is 1. The lowest BCUT2D eigenvalue weighted by molar-refractivity contribution is 0.0647. The zero-order valence-electron chi connectivity index (χ0n) is 11.8. The first-order valence-electron chi connectivity index (χ1n) is 7.37. The fourth-order valence-corrected chi connectivity index (χ4v) is 3.06. The lowest BCUT2D eigenvalue weighted by Gasteiger charge is -2.25. The van der Waals surface area contributed by atoms with Gasteiger partial charge >= 0.3 is 0 Å². The van der Waals surface area contributed by atoms with E-state index in [4.69, 9.17) is 0 Å². The summed E-state index contributed by atoms with van der Waals surface area (Å²) in [4.78, 5) is 26.0. The molecule has 4 heteroatoms. The zero-order chi connectivity index (χ0) is 14.1. The van der Waals surface area contributed by atoms with Crippen LogP contribution in [0.4, 0.5) is 0 Å². The molecular weight excluding hydrogens is 252 g/mol. The fourth-order valence-electron chi connectivity index (χ4n) is 3.06. The minimum Gasteiger partial charge on any atom is -0.314 e. The molecule has 1 saturated heterocycles. The Labute approximate surface area is 119 Å². The first-order valence-corrected chi connectivity index (χ1v) is 7.37. The normalized spacial score (nSPS) is 22.2. The van der Waals surface area contributed by atoms with E-state index < -0.39 is 0 Å². The molecule has 0 spiro atoms. The van der Waals surface area contributed by atoms with Crippen LogP contribution in [0.2, 0.25) is 0 Å². The van der Waals surface area contributed by atoms with Crippen molar-refractivity contribution >= 4 is 11.8 Å². The number of amides is 2. The van der Waals surface area contributed by atoms with Gasteiger partial charge in [-0.2, -0.15) is 0 Å². The molecule has 1 unspecified atom stereocenters. The van der Waals surface area contributed by atoms with Crippen molar-refractivity contribution in [2.45, 2.75) is 38.6 Å². The second-order valence-electron chi connectivity index (χ2n) is 5.75. The van der Waals surface area contributed by atoms with Gasteiger partial charge in [0, 0.05) is 12.6 Å². The van der Waals surface area contributed by atoms with Crippen LogP contribution in [-0.4, -0.2) is 35.8 Å². The highest BCUT2D eigenvalue weighted by Gasteiger charge is 2.35. The molecule has 0 radical (unpaired) electrons. The average molecular weight is 272 g/mol. The maximum absolute atomic E-state index is 12.3. The summed E-state index contributed by atoms with van der Waals surface area (Å²) in [5.41, 5.74) is 2.13. The van der Waals surface area contributed by atoms with E-state index in [1.54, 1.807) is 6.07 Å². The average Bonchev–Trinajstić information content (AvgIpc) is 2.70. The molecular formula is C16H20N2O2. The standard InChI is InChI=1S/C16H20N2O2/c1-11-5-6-13-14(10-11)16(20)18(15(13)19)9-7-12-4-2-3-8-17-12/h5-6,10,12,17H,2-4,7-9H2,1H3. The van der Waals surface area contributed by atoms with E-state index in [0.29, 0.717) is 23.7 Å². The van der Waals surface area contributed by atoms with Gasteiger partial charge in [-0.3, -0.25) is 14.5 Å². The molecule has 1 N–H and O–H groups in total. The number of nitrogens with zero attached hydrogens (tertiary/aromatic N) is 1. The third kappa shape index (κ3) is 2.36. The molecule has 0 saturated carbocycles. The molecule has 1 fully saturated rings. The van der Waals surface area contributed by atoms with Gasteiger partial charge in [-0.25, -0.2) is 0 Å². The van der Waals surface area contributed by atoms with Crippen LogP contribution in [0.25, 0.3) is 0 Å². The molecule has 1 aromatic rings. The second-order valence-corrected chi connectivity index (χ2v) is 5.75. The van der Waals surface area contributed by atoms with E-state index in [9.17, 15) is 9.59 Å². The second kappa shape index (κ2) is 5.37. The SMILES string of the molecule is Cc1ccc2c(c1)C(=O)N(CCC1CCCCN1)C2=O. The summed E-state index contributed by atoms with van der Waals surface area (Å²) in [6.07, 6.45) is 4.45. The summed E-state index contributed by atoms with van der Waals surface area (Å²) in [7, 11) is 0. The first kappa shape index (κ1) is 13.3. The summed E-state index contributed by atoms with van der Waals surface area (Å²) in [5, 5.41) is 3.45. The number of hydrogen-bond donors (Lipinski definition) is 1. The predicted octanol–water partition coefficient (Wildman–Crippen LogP) is 2.12. The summed E-state index contributed by atoms with van der Waals surface area (Å²) < 4.78 is 0. The van der Waals surface area contributed by atoms with Crippen molar-refractivity contribution in [1.29, 1.82) is 0 Å². The molecule has 2 heterocycles. The molecule has 106 valence electrons. The van der Waals surface area contributed by atoms with Crippen molar-refractivity contribution < 1.29 is 9.59 Å². The molecule has 0 aliphatic carbocycles. The Kier molecular flexibility index (Phi) is 3.57. The Balaban J connectivity index is 1.69. The van der Waals surface area contributed by atoms with Crippen LogP contribution >= 0.6 is 0 Å². The van der Waals surface area contributed by atoms with Crippen molar-refractivity contribution in [3.05, 3.63) is 34.9 Å². The summed E-state index contributed by atoms with van der Waals surface area (Å²) in [5.74, 6) is -0.273. The van der Waals surface area contributed by atoms with Gasteiger partial charge in [0.2, 0.25) is 0 Å². The molecule has 2 amide bonds. The number of nitrogens with one attached hydrogen (secondary N) is 1. The van der Waals surface area contributed by atoms with Gasteiger partial charge in [0.25, 0.3) is 11.8 Å². The number of piperidine rings is 1. The van der Waals surface area contributed by atoms with Crippen molar-refractivity contribution in [2.75, 3.05) is 13.1 Å². The Bertz CT molecular complexity index is 547. The van der Waals surface area contributed by atoms with Crippen molar-refractivity contribution in [1.82, 2.24) is 10.2 Å². The lowest BCUT2D eigenvalue weighted by atomic mass is 10.0. The number of hydrogen-bond acceptors (Lipinski definition) is 3. The minimum atomic E-state index is -0.138. The highest BCUT2D eigenvalue weighted by molar-refractivity contribution is 6.21. The molecule has 0 bridgehead atoms. The molecule has 2 aliphatic rings. The minimum absolute atomic E-state index is 0.135. The van der Waals surface area contributed by atoms with Crippen LogP contribution in [-0.2, 0) is 0 Å². The Morgan fingerprint density at radius 3 is 2.75 bits per heavy atom. The molecule has 1 atom stereocenters. The summed E-state index contributed by atoms with van der Waals surface area (Å²) in [6.45, 7) is 3.50. The highest BCUT2D eigenvalue weighted by atomic mass is 16.2. The predicted molar refractivity (Wildman–Crippen MR) is 76.8 cm³/mol. The van der Waals surface area contributed by atoms with Crippen LogP contribution in [0.1, 0.15) is 52.0 Å². The quantitative estimate of drug-likeness (QED) is 0.857. The maximum atomic E-state index is 12.3. The van der Waals surface area contributed by atoms with Crippen LogP contribution in [0, 0.1) is 6.92 Å². The summed E-state index contributed by atoms with van der Waals surface area (Å²) in [6, 6.07) is 5.91. The third-order valence-electron chi connectivity index (χ3n) is 4.24. The van der Waals surface area contributed by atoms with Gasteiger partial charge in [-0.05, 0) is 44.9 Å². The Morgan fingerprint density at radius 2 is 2.00 bits per heavy atom. The van der Waals surface area contributed by atoms with E-state index in [0.717, 1.165) is 24.9 Å². The molecule has 4 nitrogen and oxygen atoms in total. The molecule has 0 aromatic heterocycles. The fraction of sp³-hybridized carbons (Fsp3) is 0.500. The number of carbonyl (C=O) groups excluding carboxylic acids is 2. The van der Waals surface area contributed by atoms with Crippen molar-refractivity contribution in [3.8, 4) is 0 Å². The molecule has 20 heavy (non-hydrogen) atoms. The summed E-state index contributed by atoms with van der Waals surface area (Å²) >= 11 is 0. The monoisotopic (exact) mass is 272 g/mol. The maximum Gasteiger partial charge on any atom is 0.261 e. The smallest absolute Gasteiger partial charge is 0.261 e. The topological polar surface area (TPSA) is 49.4 Å². The Morgan fingerprint density at radius 1 is 1.20 bits per heavy atom. The number of imide groups is 1. The number of carbonyl (C=O) groups is 2.